The standard InChI is InChI=1S/C6H8I2/c1-5(2)3-4-6(7)8/h3-4H,1-2H3. The van der Waals surface area contributed by atoms with E-state index in [0.717, 1.165) is 0 Å². The van der Waals surface area contributed by atoms with Crippen molar-refractivity contribution in [2.45, 2.75) is 13.8 Å². The first kappa shape index (κ1) is 8.94. The highest BCUT2D eigenvalue weighted by molar-refractivity contribution is 14.2. The highest BCUT2D eigenvalue weighted by Crippen LogP contribution is 2.14. The Hall–Kier alpha value is 0.940. The predicted molar refractivity (Wildman–Crippen MR) is 55.6 cm³/mol. The van der Waals surface area contributed by atoms with Crippen molar-refractivity contribution >= 4 is 45.2 Å². The largest absolute Gasteiger partial charge is 0.0764 e. The molecule has 0 unspecified atom stereocenters. The molecule has 0 aromatic rings. The van der Waals surface area contributed by atoms with E-state index in [4.69, 9.17) is 0 Å². The Morgan fingerprint density at radius 3 is 1.75 bits per heavy atom. The second-order valence-electron chi connectivity index (χ2n) is 1.70. The average molecular weight is 334 g/mol. The van der Waals surface area contributed by atoms with Crippen LogP contribution < -0.4 is 0 Å². The molecule has 0 aliphatic heterocycles. The summed E-state index contributed by atoms with van der Waals surface area (Å²) < 4.78 is 1.29. The molecule has 0 aliphatic carbocycles. The topological polar surface area (TPSA) is 0 Å². The van der Waals surface area contributed by atoms with Gasteiger partial charge in [-0.2, -0.15) is 0 Å². The lowest BCUT2D eigenvalue weighted by Crippen LogP contribution is -1.57. The zero-order chi connectivity index (χ0) is 6.57. The van der Waals surface area contributed by atoms with Crippen LogP contribution in [0.2, 0.25) is 0 Å². The van der Waals surface area contributed by atoms with Crippen molar-refractivity contribution in [1.82, 2.24) is 0 Å². The van der Waals surface area contributed by atoms with Crippen molar-refractivity contribution in [3.05, 3.63) is 19.3 Å². The van der Waals surface area contributed by atoms with Gasteiger partial charge in [0.25, 0.3) is 0 Å². The van der Waals surface area contributed by atoms with Crippen LogP contribution in [0.15, 0.2) is 19.3 Å². The molecule has 0 aliphatic rings. The molecule has 0 radical (unpaired) electrons. The summed E-state index contributed by atoms with van der Waals surface area (Å²) in [6, 6.07) is 0. The molecular weight excluding hydrogens is 326 g/mol. The molecule has 0 aromatic heterocycles. The van der Waals surface area contributed by atoms with E-state index in [1.807, 2.05) is 0 Å². The van der Waals surface area contributed by atoms with Gasteiger partial charge in [0.05, 0.1) is 1.59 Å². The summed E-state index contributed by atoms with van der Waals surface area (Å²) in [5, 5.41) is 0. The minimum atomic E-state index is 1.29. The minimum Gasteiger partial charge on any atom is -0.0764 e. The summed E-state index contributed by atoms with van der Waals surface area (Å²) in [5.74, 6) is 0. The Bertz CT molecular complexity index is 98.5. The molecule has 0 aromatic carbocycles. The summed E-state index contributed by atoms with van der Waals surface area (Å²) in [5.41, 5.74) is 1.34. The molecule has 0 atom stereocenters. The van der Waals surface area contributed by atoms with Gasteiger partial charge in [0.1, 0.15) is 0 Å². The lowest BCUT2D eigenvalue weighted by atomic mass is 10.3. The fourth-order valence-electron chi connectivity index (χ4n) is 0.230. The van der Waals surface area contributed by atoms with E-state index in [1.165, 1.54) is 7.16 Å². The average Bonchev–Trinajstić information content (AvgIpc) is 1.61. The molecule has 8 heavy (non-hydrogen) atoms. The van der Waals surface area contributed by atoms with Crippen LogP contribution in [-0.2, 0) is 0 Å². The van der Waals surface area contributed by atoms with Crippen molar-refractivity contribution in [3.63, 3.8) is 0 Å². The maximum Gasteiger partial charge on any atom is 0.0514 e. The summed E-state index contributed by atoms with van der Waals surface area (Å²) in [6.45, 7) is 4.18. The molecule has 0 nitrogen and oxygen atoms in total. The van der Waals surface area contributed by atoms with Gasteiger partial charge in [-0.15, -0.1) is 0 Å². The molecule has 0 spiro atoms. The van der Waals surface area contributed by atoms with E-state index >= 15 is 0 Å². The molecule has 0 amide bonds. The number of halogens is 2. The first-order chi connectivity index (χ1) is 3.63. The van der Waals surface area contributed by atoms with Crippen LogP contribution in [0.1, 0.15) is 13.8 Å². The number of hydrogen-bond acceptors (Lipinski definition) is 0. The van der Waals surface area contributed by atoms with E-state index in [0.29, 0.717) is 0 Å². The van der Waals surface area contributed by atoms with Gasteiger partial charge in [0.15, 0.2) is 0 Å². The van der Waals surface area contributed by atoms with Crippen molar-refractivity contribution in [2.24, 2.45) is 0 Å². The fourth-order valence-corrected chi connectivity index (χ4v) is 0.589. The van der Waals surface area contributed by atoms with Crippen LogP contribution in [0, 0.1) is 0 Å². The first-order valence-electron chi connectivity index (χ1n) is 2.29. The van der Waals surface area contributed by atoms with E-state index < -0.39 is 0 Å². The molecule has 0 saturated heterocycles. The van der Waals surface area contributed by atoms with Gasteiger partial charge in [-0.1, -0.05) is 11.6 Å². The van der Waals surface area contributed by atoms with Crippen LogP contribution in [0.3, 0.4) is 0 Å². The molecule has 46 valence electrons. The maximum absolute atomic E-state index is 2.28. The third-order valence-corrected chi connectivity index (χ3v) is 1.26. The zero-order valence-electron chi connectivity index (χ0n) is 4.91. The van der Waals surface area contributed by atoms with Crippen molar-refractivity contribution in [3.8, 4) is 0 Å². The van der Waals surface area contributed by atoms with E-state index in [2.05, 4.69) is 71.2 Å². The summed E-state index contributed by atoms with van der Waals surface area (Å²) >= 11 is 4.56. The lowest BCUT2D eigenvalue weighted by Gasteiger charge is -1.81. The monoisotopic (exact) mass is 334 g/mol. The quantitative estimate of drug-likeness (QED) is 0.507. The predicted octanol–water partition coefficient (Wildman–Crippen LogP) is 3.66. The molecule has 0 rings (SSSR count). The van der Waals surface area contributed by atoms with Gasteiger partial charge < -0.3 is 0 Å². The Kier molecular flexibility index (Phi) is 5.35. The van der Waals surface area contributed by atoms with Gasteiger partial charge in [0, 0.05) is 0 Å². The van der Waals surface area contributed by atoms with Crippen LogP contribution in [0.25, 0.3) is 0 Å². The maximum atomic E-state index is 2.28. The molecule has 0 saturated carbocycles. The van der Waals surface area contributed by atoms with Crippen LogP contribution in [0.5, 0.6) is 0 Å². The Balaban J connectivity index is 3.76. The van der Waals surface area contributed by atoms with Crippen LogP contribution >= 0.6 is 45.2 Å². The lowest BCUT2D eigenvalue weighted by molar-refractivity contribution is 1.39. The number of hydrogen-bond donors (Lipinski definition) is 0. The molecule has 0 bridgehead atoms. The summed E-state index contributed by atoms with van der Waals surface area (Å²) in [7, 11) is 0. The van der Waals surface area contributed by atoms with Crippen molar-refractivity contribution in [1.29, 1.82) is 0 Å². The molecule has 2 heteroatoms. The van der Waals surface area contributed by atoms with Crippen molar-refractivity contribution < 1.29 is 0 Å². The Labute approximate surface area is 77.7 Å². The molecule has 0 N–H and O–H groups in total. The van der Waals surface area contributed by atoms with Gasteiger partial charge in [-0.3, -0.25) is 0 Å². The van der Waals surface area contributed by atoms with E-state index in [-0.39, 0.29) is 0 Å². The SMILES string of the molecule is CC(C)=CC=C(I)I. The van der Waals surface area contributed by atoms with Crippen LogP contribution in [-0.4, -0.2) is 0 Å². The van der Waals surface area contributed by atoms with Gasteiger partial charge in [-0.25, -0.2) is 0 Å². The van der Waals surface area contributed by atoms with Gasteiger partial charge >= 0.3 is 0 Å². The van der Waals surface area contributed by atoms with Gasteiger partial charge in [0.2, 0.25) is 0 Å². The molecule has 0 fully saturated rings. The van der Waals surface area contributed by atoms with E-state index in [9.17, 15) is 0 Å². The third kappa shape index (κ3) is 6.94. The molecule has 0 heterocycles. The van der Waals surface area contributed by atoms with E-state index in [1.54, 1.807) is 0 Å². The number of allylic oxidation sites excluding steroid dienone is 3. The Morgan fingerprint density at radius 2 is 1.62 bits per heavy atom. The summed E-state index contributed by atoms with van der Waals surface area (Å²) in [6.07, 6.45) is 4.20. The van der Waals surface area contributed by atoms with Crippen molar-refractivity contribution in [2.75, 3.05) is 0 Å². The second kappa shape index (κ2) is 4.78. The third-order valence-electron chi connectivity index (χ3n) is 0.543. The van der Waals surface area contributed by atoms with Crippen LogP contribution in [0.4, 0.5) is 0 Å². The zero-order valence-corrected chi connectivity index (χ0v) is 9.23. The second-order valence-corrected chi connectivity index (χ2v) is 6.09. The van der Waals surface area contributed by atoms with Gasteiger partial charge in [-0.05, 0) is 65.1 Å². The number of rotatable bonds is 1. The fraction of sp³-hybridized carbons (Fsp3) is 0.333. The molecular formula is C6H8I2. The highest BCUT2D eigenvalue weighted by atomic mass is 127. The highest BCUT2D eigenvalue weighted by Gasteiger charge is 1.75. The Morgan fingerprint density at radius 1 is 1.12 bits per heavy atom. The normalized spacial score (nSPS) is 8.00. The first-order valence-corrected chi connectivity index (χ1v) is 4.45. The smallest absolute Gasteiger partial charge is 0.0514 e. The summed E-state index contributed by atoms with van der Waals surface area (Å²) in [4.78, 5) is 0. The minimum absolute atomic E-state index is 1.29.